The highest BCUT2D eigenvalue weighted by Gasteiger charge is 2.23. The van der Waals surface area contributed by atoms with E-state index in [2.05, 4.69) is 11.7 Å². The number of benzene rings is 1. The number of carbonyl (C=O) groups excluding carboxylic acids is 2. The molecule has 5 heteroatoms. The molecule has 5 nitrogen and oxygen atoms in total. The van der Waals surface area contributed by atoms with Crippen LogP contribution in [0.5, 0.6) is 5.75 Å². The van der Waals surface area contributed by atoms with Gasteiger partial charge in [-0.25, -0.2) is 4.79 Å². The van der Waals surface area contributed by atoms with Crippen molar-refractivity contribution in [1.29, 1.82) is 0 Å². The molecule has 0 saturated carbocycles. The average Bonchev–Trinajstić information content (AvgIpc) is 2.44. The second kappa shape index (κ2) is 5.94. The van der Waals surface area contributed by atoms with E-state index in [0.29, 0.717) is 36.6 Å². The van der Waals surface area contributed by atoms with E-state index in [0.717, 1.165) is 6.42 Å². The summed E-state index contributed by atoms with van der Waals surface area (Å²) in [5.41, 5.74) is 0.937. The Morgan fingerprint density at radius 2 is 2.25 bits per heavy atom. The quantitative estimate of drug-likeness (QED) is 0.857. The SMILES string of the molecule is COC(=O)c1ccc(CN2C[C@H](C)CCC2=O)c(O)c1. The van der Waals surface area contributed by atoms with Gasteiger partial charge in [0.15, 0.2) is 0 Å². The molecule has 1 saturated heterocycles. The summed E-state index contributed by atoms with van der Waals surface area (Å²) >= 11 is 0. The third-order valence-electron chi connectivity index (χ3n) is 3.60. The molecule has 0 unspecified atom stereocenters. The van der Waals surface area contributed by atoms with Crippen LogP contribution in [0.4, 0.5) is 0 Å². The molecule has 0 aliphatic carbocycles. The van der Waals surface area contributed by atoms with Crippen LogP contribution in [0.15, 0.2) is 18.2 Å². The Morgan fingerprint density at radius 1 is 1.50 bits per heavy atom. The van der Waals surface area contributed by atoms with Gasteiger partial charge in [-0.05, 0) is 24.5 Å². The maximum atomic E-state index is 11.8. The van der Waals surface area contributed by atoms with E-state index in [1.165, 1.54) is 13.2 Å². The number of amides is 1. The van der Waals surface area contributed by atoms with Crippen molar-refractivity contribution < 1.29 is 19.4 Å². The molecule has 20 heavy (non-hydrogen) atoms. The third kappa shape index (κ3) is 3.10. The van der Waals surface area contributed by atoms with Gasteiger partial charge in [0.05, 0.1) is 12.7 Å². The smallest absolute Gasteiger partial charge is 0.337 e. The predicted molar refractivity (Wildman–Crippen MR) is 73.3 cm³/mol. The van der Waals surface area contributed by atoms with E-state index in [1.807, 2.05) is 0 Å². The molecule has 108 valence electrons. The summed E-state index contributed by atoms with van der Waals surface area (Å²) in [6, 6.07) is 4.63. The minimum atomic E-state index is -0.491. The van der Waals surface area contributed by atoms with Crippen molar-refractivity contribution in [2.45, 2.75) is 26.3 Å². The third-order valence-corrected chi connectivity index (χ3v) is 3.60. The summed E-state index contributed by atoms with van der Waals surface area (Å²) < 4.78 is 4.60. The molecule has 0 radical (unpaired) electrons. The fourth-order valence-electron chi connectivity index (χ4n) is 2.40. The first-order valence-electron chi connectivity index (χ1n) is 6.69. The molecule has 1 atom stereocenters. The summed E-state index contributed by atoms with van der Waals surface area (Å²) in [5.74, 6) is 0.108. The number of likely N-dealkylation sites (tertiary alicyclic amines) is 1. The number of phenols is 1. The molecule has 1 aromatic rings. The summed E-state index contributed by atoms with van der Waals surface area (Å²) in [4.78, 5) is 25.0. The number of piperidine rings is 1. The number of nitrogens with zero attached hydrogens (tertiary/aromatic N) is 1. The molecule has 0 aromatic heterocycles. The predicted octanol–water partition coefficient (Wildman–Crippen LogP) is 1.94. The van der Waals surface area contributed by atoms with Crippen molar-refractivity contribution in [3.05, 3.63) is 29.3 Å². The van der Waals surface area contributed by atoms with Crippen LogP contribution in [0.25, 0.3) is 0 Å². The van der Waals surface area contributed by atoms with Gasteiger partial charge in [-0.3, -0.25) is 4.79 Å². The molecule has 1 aliphatic rings. The van der Waals surface area contributed by atoms with Gasteiger partial charge in [0.1, 0.15) is 5.75 Å². The average molecular weight is 277 g/mol. The van der Waals surface area contributed by atoms with Crippen molar-refractivity contribution >= 4 is 11.9 Å². The fourth-order valence-corrected chi connectivity index (χ4v) is 2.40. The van der Waals surface area contributed by atoms with Gasteiger partial charge in [-0.2, -0.15) is 0 Å². The summed E-state index contributed by atoms with van der Waals surface area (Å²) in [7, 11) is 1.29. The van der Waals surface area contributed by atoms with E-state index in [-0.39, 0.29) is 11.7 Å². The van der Waals surface area contributed by atoms with Gasteiger partial charge in [-0.1, -0.05) is 13.0 Å². The van der Waals surface area contributed by atoms with Gasteiger partial charge < -0.3 is 14.7 Å². The standard InChI is InChI=1S/C15H19NO4/c1-10-3-6-14(18)16(8-10)9-12-5-4-11(7-13(12)17)15(19)20-2/h4-5,7,10,17H,3,6,8-9H2,1-2H3/t10-/m1/s1. The van der Waals surface area contributed by atoms with E-state index >= 15 is 0 Å². The fraction of sp³-hybridized carbons (Fsp3) is 0.467. The Balaban J connectivity index is 2.13. The lowest BCUT2D eigenvalue weighted by atomic mass is 9.99. The van der Waals surface area contributed by atoms with E-state index in [1.54, 1.807) is 17.0 Å². The summed E-state index contributed by atoms with van der Waals surface area (Å²) in [5, 5.41) is 9.97. The molecule has 0 bridgehead atoms. The lowest BCUT2D eigenvalue weighted by Crippen LogP contribution is -2.38. The van der Waals surface area contributed by atoms with E-state index < -0.39 is 5.97 Å². The van der Waals surface area contributed by atoms with Gasteiger partial charge in [0.2, 0.25) is 5.91 Å². The van der Waals surface area contributed by atoms with Crippen LogP contribution >= 0.6 is 0 Å². The lowest BCUT2D eigenvalue weighted by Gasteiger charge is -2.31. The number of hydrogen-bond acceptors (Lipinski definition) is 4. The molecule has 0 spiro atoms. The maximum absolute atomic E-state index is 11.8. The van der Waals surface area contributed by atoms with E-state index in [9.17, 15) is 14.7 Å². The Kier molecular flexibility index (Phi) is 4.27. The number of ether oxygens (including phenoxy) is 1. The number of aromatic hydroxyl groups is 1. The number of phenolic OH excluding ortho intramolecular Hbond substituents is 1. The Morgan fingerprint density at radius 3 is 2.90 bits per heavy atom. The van der Waals surface area contributed by atoms with Crippen LogP contribution < -0.4 is 0 Å². The van der Waals surface area contributed by atoms with Gasteiger partial charge in [0.25, 0.3) is 0 Å². The van der Waals surface area contributed by atoms with Crippen LogP contribution in [-0.2, 0) is 16.1 Å². The lowest BCUT2D eigenvalue weighted by molar-refractivity contribution is -0.135. The number of methoxy groups -OCH3 is 1. The molecular formula is C15H19NO4. The first-order chi connectivity index (χ1) is 9.51. The Labute approximate surface area is 118 Å². The molecule has 1 aliphatic heterocycles. The topological polar surface area (TPSA) is 66.8 Å². The molecule has 1 heterocycles. The number of hydrogen-bond donors (Lipinski definition) is 1. The Hall–Kier alpha value is -2.04. The molecule has 1 fully saturated rings. The van der Waals surface area contributed by atoms with Gasteiger partial charge >= 0.3 is 5.97 Å². The summed E-state index contributed by atoms with van der Waals surface area (Å²) in [6.07, 6.45) is 1.48. The van der Waals surface area contributed by atoms with Crippen LogP contribution in [0, 0.1) is 5.92 Å². The van der Waals surface area contributed by atoms with Crippen molar-refractivity contribution in [1.82, 2.24) is 4.90 Å². The van der Waals surface area contributed by atoms with Crippen molar-refractivity contribution in [2.24, 2.45) is 5.92 Å². The largest absolute Gasteiger partial charge is 0.508 e. The molecule has 1 N–H and O–H groups in total. The number of esters is 1. The first-order valence-corrected chi connectivity index (χ1v) is 6.69. The normalized spacial score (nSPS) is 19.0. The highest BCUT2D eigenvalue weighted by Crippen LogP contribution is 2.24. The van der Waals surface area contributed by atoms with Gasteiger partial charge in [0, 0.05) is 25.1 Å². The molecule has 2 rings (SSSR count). The number of rotatable bonds is 3. The second-order valence-corrected chi connectivity index (χ2v) is 5.25. The van der Waals surface area contributed by atoms with E-state index in [4.69, 9.17) is 0 Å². The van der Waals surface area contributed by atoms with Gasteiger partial charge in [-0.15, -0.1) is 0 Å². The first kappa shape index (κ1) is 14.4. The molecule has 1 aromatic carbocycles. The maximum Gasteiger partial charge on any atom is 0.337 e. The monoisotopic (exact) mass is 277 g/mol. The van der Waals surface area contributed by atoms with Crippen LogP contribution in [0.2, 0.25) is 0 Å². The van der Waals surface area contributed by atoms with Crippen LogP contribution in [-0.4, -0.2) is 35.5 Å². The Bertz CT molecular complexity index is 527. The zero-order chi connectivity index (χ0) is 14.7. The minimum absolute atomic E-state index is 0.0129. The summed E-state index contributed by atoms with van der Waals surface area (Å²) in [6.45, 7) is 3.19. The molecule has 1 amide bonds. The van der Waals surface area contributed by atoms with Crippen LogP contribution in [0.3, 0.4) is 0 Å². The van der Waals surface area contributed by atoms with Crippen molar-refractivity contribution in [2.75, 3.05) is 13.7 Å². The zero-order valence-electron chi connectivity index (χ0n) is 11.8. The minimum Gasteiger partial charge on any atom is -0.508 e. The van der Waals surface area contributed by atoms with Crippen LogP contribution in [0.1, 0.15) is 35.7 Å². The molecular weight excluding hydrogens is 258 g/mol. The second-order valence-electron chi connectivity index (χ2n) is 5.25. The van der Waals surface area contributed by atoms with Crippen molar-refractivity contribution in [3.63, 3.8) is 0 Å². The highest BCUT2D eigenvalue weighted by atomic mass is 16.5. The highest BCUT2D eigenvalue weighted by molar-refractivity contribution is 5.89. The zero-order valence-corrected chi connectivity index (χ0v) is 11.8. The number of carbonyl (C=O) groups is 2. The van der Waals surface area contributed by atoms with Crippen molar-refractivity contribution in [3.8, 4) is 5.75 Å².